The van der Waals surface area contributed by atoms with E-state index in [1.54, 1.807) is 6.33 Å². The van der Waals surface area contributed by atoms with Gasteiger partial charge in [-0.25, -0.2) is 0 Å². The highest BCUT2D eigenvalue weighted by molar-refractivity contribution is 5.95. The van der Waals surface area contributed by atoms with Crippen molar-refractivity contribution in [1.29, 1.82) is 0 Å². The minimum Gasteiger partial charge on any atom is -0.305 e. The van der Waals surface area contributed by atoms with Crippen molar-refractivity contribution in [3.05, 3.63) is 42.4 Å². The molecule has 0 atom stereocenters. The van der Waals surface area contributed by atoms with Crippen LogP contribution in [0.3, 0.4) is 0 Å². The first-order chi connectivity index (χ1) is 6.81. The van der Waals surface area contributed by atoms with Gasteiger partial charge in [0.25, 0.3) is 6.33 Å². The van der Waals surface area contributed by atoms with E-state index < -0.39 is 0 Å². The van der Waals surface area contributed by atoms with E-state index in [1.807, 2.05) is 43.5 Å². The average Bonchev–Trinajstić information content (AvgIpc) is 2.18. The molecule has 0 N–H and O–H groups in total. The maximum atomic E-state index is 5.58. The number of rotatable bonds is 1. The van der Waals surface area contributed by atoms with Crippen molar-refractivity contribution in [2.45, 2.75) is 6.92 Å². The fourth-order valence-electron chi connectivity index (χ4n) is 1.47. The van der Waals surface area contributed by atoms with Gasteiger partial charge in [-0.3, -0.25) is 0 Å². The Morgan fingerprint density at radius 1 is 1.43 bits per heavy atom. The molecule has 0 aliphatic carbocycles. The molecule has 1 heterocycles. The van der Waals surface area contributed by atoms with Gasteiger partial charge >= 0.3 is 7.98 Å². The molecule has 0 aliphatic heterocycles. The van der Waals surface area contributed by atoms with E-state index in [-0.39, 0.29) is 0 Å². The number of aromatic nitrogens is 2. The Bertz CT molecular complexity index is 492. The maximum absolute atomic E-state index is 5.58. The van der Waals surface area contributed by atoms with Crippen LogP contribution in [0, 0.1) is 0 Å². The molecule has 14 heavy (non-hydrogen) atoms. The van der Waals surface area contributed by atoms with Crippen LogP contribution in [0.15, 0.2) is 36.8 Å². The number of fused-ring (bicyclic) bond motifs is 1. The van der Waals surface area contributed by atoms with Crippen molar-refractivity contribution in [1.82, 2.24) is 4.98 Å². The first-order valence-electron chi connectivity index (χ1n) is 4.49. The van der Waals surface area contributed by atoms with Crippen molar-refractivity contribution in [2.75, 3.05) is 0 Å². The minimum atomic E-state index is 0.979. The van der Waals surface area contributed by atoms with Crippen molar-refractivity contribution in [3.8, 4) is 0 Å². The predicted octanol–water partition coefficient (Wildman–Crippen LogP) is 1.49. The van der Waals surface area contributed by atoms with Crippen LogP contribution in [-0.4, -0.2) is 13.0 Å². The number of allylic oxidation sites excluding steroid dienone is 1. The Kier molecular flexibility index (Phi) is 2.31. The lowest BCUT2D eigenvalue weighted by Crippen LogP contribution is -2.30. The number of hydrogen-bond acceptors (Lipinski definition) is 1. The smallest absolute Gasteiger partial charge is 0.305 e. The first kappa shape index (κ1) is 8.94. The van der Waals surface area contributed by atoms with Gasteiger partial charge in [0, 0.05) is 5.56 Å². The lowest BCUT2D eigenvalue weighted by Gasteiger charge is -1.96. The zero-order valence-corrected chi connectivity index (χ0v) is 8.01. The zero-order valence-electron chi connectivity index (χ0n) is 8.01. The van der Waals surface area contributed by atoms with Crippen molar-refractivity contribution >= 4 is 25.0 Å². The molecule has 2 aromatic rings. The summed E-state index contributed by atoms with van der Waals surface area (Å²) in [6, 6.07) is 6.04. The molecule has 0 saturated heterocycles. The van der Waals surface area contributed by atoms with Crippen LogP contribution in [0.5, 0.6) is 0 Å². The molecule has 0 saturated carbocycles. The van der Waals surface area contributed by atoms with Gasteiger partial charge in [0.15, 0.2) is 5.52 Å². The molecule has 0 fully saturated rings. The Morgan fingerprint density at radius 2 is 2.29 bits per heavy atom. The molecule has 0 spiro atoms. The molecule has 0 amide bonds. The summed E-state index contributed by atoms with van der Waals surface area (Å²) >= 11 is 0. The highest BCUT2D eigenvalue weighted by Crippen LogP contribution is 2.15. The van der Waals surface area contributed by atoms with E-state index in [4.69, 9.17) is 7.98 Å². The Morgan fingerprint density at radius 3 is 3.07 bits per heavy atom. The van der Waals surface area contributed by atoms with Crippen LogP contribution < -0.4 is 4.48 Å². The standard InChI is InChI=1S/C11H10BN2/c1-2-4-9-5-3-6-10-7-14(12)8-13-11(9)10/h2-8H,1H3/q+1/b4-2+. The number of nitrogens with zero attached hydrogens (tertiary/aromatic N) is 2. The summed E-state index contributed by atoms with van der Waals surface area (Å²) in [5.41, 5.74) is 2.10. The van der Waals surface area contributed by atoms with Gasteiger partial charge in [-0.15, -0.1) is 0 Å². The Balaban J connectivity index is 2.74. The van der Waals surface area contributed by atoms with Crippen LogP contribution in [0.25, 0.3) is 17.0 Å². The van der Waals surface area contributed by atoms with Crippen LogP contribution in [-0.2, 0) is 0 Å². The molecule has 0 bridgehead atoms. The highest BCUT2D eigenvalue weighted by atomic mass is 14.9. The topological polar surface area (TPSA) is 16.8 Å². The van der Waals surface area contributed by atoms with Gasteiger partial charge in [0.2, 0.25) is 0 Å². The zero-order chi connectivity index (χ0) is 9.97. The van der Waals surface area contributed by atoms with Crippen molar-refractivity contribution in [3.63, 3.8) is 0 Å². The monoisotopic (exact) mass is 181 g/mol. The van der Waals surface area contributed by atoms with Crippen LogP contribution in [0.1, 0.15) is 12.5 Å². The molecule has 3 heteroatoms. The third-order valence-corrected chi connectivity index (χ3v) is 2.05. The molecule has 2 radical (unpaired) electrons. The normalized spacial score (nSPS) is 11.2. The maximum Gasteiger partial charge on any atom is 0.408 e. The lowest BCUT2D eigenvalue weighted by atomic mass is 10.1. The summed E-state index contributed by atoms with van der Waals surface area (Å²) in [4.78, 5) is 4.29. The highest BCUT2D eigenvalue weighted by Gasteiger charge is 2.04. The van der Waals surface area contributed by atoms with Crippen LogP contribution >= 0.6 is 0 Å². The average molecular weight is 181 g/mol. The second kappa shape index (κ2) is 3.62. The van der Waals surface area contributed by atoms with Crippen LogP contribution in [0.2, 0.25) is 0 Å². The van der Waals surface area contributed by atoms with Gasteiger partial charge < -0.3 is 4.48 Å². The fourth-order valence-corrected chi connectivity index (χ4v) is 1.47. The van der Waals surface area contributed by atoms with Gasteiger partial charge in [-0.2, -0.15) is 0 Å². The first-order valence-corrected chi connectivity index (χ1v) is 4.49. The van der Waals surface area contributed by atoms with Gasteiger partial charge in [-0.05, 0) is 13.0 Å². The largest absolute Gasteiger partial charge is 0.408 e. The Hall–Kier alpha value is -1.64. The van der Waals surface area contributed by atoms with E-state index in [1.165, 1.54) is 4.48 Å². The van der Waals surface area contributed by atoms with Crippen molar-refractivity contribution < 1.29 is 4.48 Å². The summed E-state index contributed by atoms with van der Waals surface area (Å²) in [7, 11) is 5.58. The van der Waals surface area contributed by atoms with E-state index in [9.17, 15) is 0 Å². The summed E-state index contributed by atoms with van der Waals surface area (Å²) in [6.45, 7) is 1.99. The Labute approximate surface area is 84.3 Å². The molecular weight excluding hydrogens is 171 g/mol. The quantitative estimate of drug-likeness (QED) is 0.609. The van der Waals surface area contributed by atoms with E-state index in [0.717, 1.165) is 16.5 Å². The van der Waals surface area contributed by atoms with E-state index in [0.29, 0.717) is 0 Å². The summed E-state index contributed by atoms with van der Waals surface area (Å²) < 4.78 is 1.46. The molecule has 2 nitrogen and oxygen atoms in total. The molecule has 0 aliphatic rings. The lowest BCUT2D eigenvalue weighted by molar-refractivity contribution is -0.523. The van der Waals surface area contributed by atoms with Gasteiger partial charge in [-0.1, -0.05) is 29.3 Å². The predicted molar refractivity (Wildman–Crippen MR) is 57.8 cm³/mol. The summed E-state index contributed by atoms with van der Waals surface area (Å²) in [5.74, 6) is 0. The second-order valence-electron chi connectivity index (χ2n) is 3.11. The third-order valence-electron chi connectivity index (χ3n) is 2.05. The SMILES string of the molecule is [B][n+]1cnc2c(/C=C/C)cccc2c1. The third kappa shape index (κ3) is 1.53. The van der Waals surface area contributed by atoms with Gasteiger partial charge in [0.1, 0.15) is 0 Å². The number of para-hydroxylation sites is 1. The second-order valence-corrected chi connectivity index (χ2v) is 3.11. The molecular formula is C11H10BN2+. The van der Waals surface area contributed by atoms with Gasteiger partial charge in [0.05, 0.1) is 11.6 Å². The molecule has 1 aromatic heterocycles. The fraction of sp³-hybridized carbons (Fsp3) is 0.0909. The molecule has 66 valence electrons. The number of hydrogen-bond donors (Lipinski definition) is 0. The summed E-state index contributed by atoms with van der Waals surface area (Å²) in [5, 5.41) is 1.05. The van der Waals surface area contributed by atoms with Crippen LogP contribution in [0.4, 0.5) is 0 Å². The summed E-state index contributed by atoms with van der Waals surface area (Å²) in [6.07, 6.45) is 7.50. The minimum absolute atomic E-state index is 0.979. The van der Waals surface area contributed by atoms with Crippen molar-refractivity contribution in [2.24, 2.45) is 0 Å². The van der Waals surface area contributed by atoms with E-state index in [2.05, 4.69) is 4.98 Å². The molecule has 0 unspecified atom stereocenters. The number of benzene rings is 1. The molecule has 1 aromatic carbocycles. The molecule has 2 rings (SSSR count). The van der Waals surface area contributed by atoms with E-state index >= 15 is 0 Å².